The first kappa shape index (κ1) is 11.1. The molecule has 0 amide bonds. The molecule has 3 N–H and O–H groups in total. The fourth-order valence-electron chi connectivity index (χ4n) is 1.62. The van der Waals surface area contributed by atoms with Crippen LogP contribution >= 0.6 is 0 Å². The monoisotopic (exact) mass is 253 g/mol. The van der Waals surface area contributed by atoms with Gasteiger partial charge in [-0.15, -0.1) is 4.73 Å². The largest absolute Gasteiger partial charge is 0.391 e. The van der Waals surface area contributed by atoms with Crippen LogP contribution in [0.3, 0.4) is 0 Å². The van der Waals surface area contributed by atoms with Gasteiger partial charge in [0, 0.05) is 0 Å². The normalized spacial score (nSPS) is 23.6. The van der Waals surface area contributed by atoms with E-state index in [1.807, 2.05) is 0 Å². The van der Waals surface area contributed by atoms with Crippen molar-refractivity contribution in [2.24, 2.45) is 0 Å². The molecule has 9 heteroatoms. The van der Waals surface area contributed by atoms with Crippen LogP contribution in [0.2, 0.25) is 0 Å². The van der Waals surface area contributed by atoms with Crippen molar-refractivity contribution >= 4 is 17.0 Å². The van der Waals surface area contributed by atoms with E-state index in [1.54, 1.807) is 0 Å². The summed E-state index contributed by atoms with van der Waals surface area (Å²) in [6.07, 6.45) is 1.45. The summed E-state index contributed by atoms with van der Waals surface area (Å²) in [6.45, 7) is -0.00881. The molecule has 96 valence electrons. The van der Waals surface area contributed by atoms with Gasteiger partial charge in [-0.2, -0.15) is 0 Å². The number of ether oxygens (including phenoxy) is 2. The summed E-state index contributed by atoms with van der Waals surface area (Å²) >= 11 is 0. The second-order valence-corrected chi connectivity index (χ2v) is 3.62. The first-order valence-electron chi connectivity index (χ1n) is 5.26. The molecular formula is C9H11N5O4. The van der Waals surface area contributed by atoms with Gasteiger partial charge < -0.3 is 25.2 Å². The molecule has 18 heavy (non-hydrogen) atoms. The zero-order valence-electron chi connectivity index (χ0n) is 9.26. The van der Waals surface area contributed by atoms with Crippen LogP contribution in [-0.4, -0.2) is 50.6 Å². The summed E-state index contributed by atoms with van der Waals surface area (Å²) in [6, 6.07) is 0. The number of aliphatic hydroxyl groups is 1. The van der Waals surface area contributed by atoms with E-state index in [0.29, 0.717) is 11.2 Å². The Labute approximate surface area is 101 Å². The third kappa shape index (κ3) is 1.83. The molecule has 0 aromatic carbocycles. The molecule has 0 aliphatic carbocycles. The van der Waals surface area contributed by atoms with Gasteiger partial charge in [-0.3, -0.25) is 0 Å². The topological polar surface area (TPSA) is 118 Å². The number of aliphatic hydroxyl groups excluding tert-OH is 1. The first-order chi connectivity index (χ1) is 8.78. The predicted octanol–water partition coefficient (Wildman–Crippen LogP) is -1.47. The van der Waals surface area contributed by atoms with Crippen molar-refractivity contribution in [2.45, 2.75) is 12.6 Å². The van der Waals surface area contributed by atoms with E-state index < -0.39 is 12.6 Å². The molecule has 3 heterocycles. The number of rotatable bonds is 3. The van der Waals surface area contributed by atoms with Gasteiger partial charge in [-0.1, -0.05) is 0 Å². The maximum atomic E-state index is 8.86. The second kappa shape index (κ2) is 4.37. The third-order valence-corrected chi connectivity index (χ3v) is 2.43. The van der Waals surface area contributed by atoms with E-state index in [1.165, 1.54) is 17.4 Å². The lowest BCUT2D eigenvalue weighted by molar-refractivity contribution is -0.155. The Kier molecular flexibility index (Phi) is 2.70. The van der Waals surface area contributed by atoms with Crippen molar-refractivity contribution in [3.05, 3.63) is 12.7 Å². The number of nitrogens with zero attached hydrogens (tertiary/aromatic N) is 4. The Morgan fingerprint density at radius 3 is 3.17 bits per heavy atom. The molecule has 1 fully saturated rings. The summed E-state index contributed by atoms with van der Waals surface area (Å²) in [5.41, 5.74) is 6.55. The molecule has 2 aromatic rings. The Balaban J connectivity index is 1.81. The predicted molar refractivity (Wildman–Crippen MR) is 58.0 cm³/mol. The first-order valence-corrected chi connectivity index (χ1v) is 5.26. The SMILES string of the molecule is Nc1ncnc2c1ncn2O[C@H]1CO[C@@H](CO)O1. The third-order valence-electron chi connectivity index (χ3n) is 2.43. The van der Waals surface area contributed by atoms with Gasteiger partial charge >= 0.3 is 0 Å². The minimum atomic E-state index is -0.663. The van der Waals surface area contributed by atoms with Crippen LogP contribution in [0.15, 0.2) is 12.7 Å². The number of imidazole rings is 1. The minimum Gasteiger partial charge on any atom is -0.391 e. The van der Waals surface area contributed by atoms with Crippen LogP contribution in [0.5, 0.6) is 0 Å². The van der Waals surface area contributed by atoms with Gasteiger partial charge in [0.05, 0.1) is 6.61 Å². The average molecular weight is 253 g/mol. The molecule has 0 unspecified atom stereocenters. The number of nitrogen functional groups attached to an aromatic ring is 1. The van der Waals surface area contributed by atoms with Gasteiger partial charge in [0.2, 0.25) is 5.65 Å². The molecule has 2 aromatic heterocycles. The van der Waals surface area contributed by atoms with Gasteiger partial charge in [0.1, 0.15) is 19.3 Å². The number of hydrogen-bond acceptors (Lipinski definition) is 8. The summed E-state index contributed by atoms with van der Waals surface area (Å²) in [7, 11) is 0. The number of nitrogens with two attached hydrogens (primary N) is 1. The highest BCUT2D eigenvalue weighted by molar-refractivity contribution is 5.80. The average Bonchev–Trinajstić information content (AvgIpc) is 2.98. The highest BCUT2D eigenvalue weighted by Crippen LogP contribution is 2.15. The second-order valence-electron chi connectivity index (χ2n) is 3.62. The summed E-state index contributed by atoms with van der Waals surface area (Å²) in [5, 5.41) is 8.86. The lowest BCUT2D eigenvalue weighted by Crippen LogP contribution is -2.27. The highest BCUT2D eigenvalue weighted by atomic mass is 16.9. The molecule has 1 saturated heterocycles. The molecule has 0 spiro atoms. The number of hydrogen-bond donors (Lipinski definition) is 2. The lowest BCUT2D eigenvalue weighted by atomic mass is 10.5. The van der Waals surface area contributed by atoms with Crippen LogP contribution in [0, 0.1) is 0 Å². The van der Waals surface area contributed by atoms with Crippen LogP contribution in [-0.2, 0) is 9.47 Å². The molecule has 3 rings (SSSR count). The van der Waals surface area contributed by atoms with Gasteiger partial charge in [0.15, 0.2) is 17.6 Å². The van der Waals surface area contributed by atoms with Crippen molar-refractivity contribution in [3.63, 3.8) is 0 Å². The van der Waals surface area contributed by atoms with Crippen molar-refractivity contribution in [3.8, 4) is 0 Å². The minimum absolute atomic E-state index is 0.214. The van der Waals surface area contributed by atoms with Crippen molar-refractivity contribution in [1.29, 1.82) is 0 Å². The molecule has 9 nitrogen and oxygen atoms in total. The number of fused-ring (bicyclic) bond motifs is 1. The van der Waals surface area contributed by atoms with Crippen molar-refractivity contribution < 1.29 is 19.4 Å². The summed E-state index contributed by atoms with van der Waals surface area (Å²) in [4.78, 5) is 17.4. The Morgan fingerprint density at radius 1 is 1.50 bits per heavy atom. The fraction of sp³-hybridized carbons (Fsp3) is 0.444. The maximum absolute atomic E-state index is 8.86. The molecule has 0 radical (unpaired) electrons. The van der Waals surface area contributed by atoms with Crippen molar-refractivity contribution in [2.75, 3.05) is 18.9 Å². The van der Waals surface area contributed by atoms with Gasteiger partial charge in [0.25, 0.3) is 6.29 Å². The Bertz CT molecular complexity index is 559. The van der Waals surface area contributed by atoms with E-state index >= 15 is 0 Å². The molecule has 1 aliphatic rings. The van der Waals surface area contributed by atoms with E-state index in [-0.39, 0.29) is 19.0 Å². The van der Waals surface area contributed by atoms with Crippen LogP contribution < -0.4 is 10.6 Å². The molecule has 0 bridgehead atoms. The maximum Gasteiger partial charge on any atom is 0.250 e. The zero-order valence-corrected chi connectivity index (χ0v) is 9.26. The fourth-order valence-corrected chi connectivity index (χ4v) is 1.62. The number of anilines is 1. The molecular weight excluding hydrogens is 242 g/mol. The highest BCUT2D eigenvalue weighted by Gasteiger charge is 2.28. The molecule has 1 aliphatic heterocycles. The van der Waals surface area contributed by atoms with Crippen LogP contribution in [0.25, 0.3) is 11.2 Å². The van der Waals surface area contributed by atoms with E-state index in [9.17, 15) is 0 Å². The summed E-state index contributed by atoms with van der Waals surface area (Å²) in [5.74, 6) is 0.277. The lowest BCUT2D eigenvalue weighted by Gasteiger charge is -2.12. The van der Waals surface area contributed by atoms with Gasteiger partial charge in [-0.25, -0.2) is 15.0 Å². The standard InChI is InChI=1S/C9H11N5O4/c10-8-7-9(12-3-11-8)14(4-13-7)18-6-2-16-5(1-15)17-6/h3-6,15H,1-2H2,(H2,10,11,12)/t5-,6+/m1/s1. The summed E-state index contributed by atoms with van der Waals surface area (Å²) < 4.78 is 11.7. The Hall–Kier alpha value is -1.97. The van der Waals surface area contributed by atoms with E-state index in [0.717, 1.165) is 0 Å². The van der Waals surface area contributed by atoms with Crippen LogP contribution in [0.4, 0.5) is 5.82 Å². The zero-order chi connectivity index (χ0) is 12.5. The van der Waals surface area contributed by atoms with Crippen molar-refractivity contribution in [1.82, 2.24) is 19.7 Å². The van der Waals surface area contributed by atoms with Gasteiger partial charge in [-0.05, 0) is 0 Å². The smallest absolute Gasteiger partial charge is 0.250 e. The molecule has 0 saturated carbocycles. The van der Waals surface area contributed by atoms with E-state index in [4.69, 9.17) is 25.2 Å². The molecule has 2 atom stereocenters. The van der Waals surface area contributed by atoms with E-state index in [2.05, 4.69) is 15.0 Å². The van der Waals surface area contributed by atoms with Crippen LogP contribution in [0.1, 0.15) is 0 Å². The number of aromatic nitrogens is 4. The Morgan fingerprint density at radius 2 is 2.39 bits per heavy atom. The quantitative estimate of drug-likeness (QED) is 0.680.